The molecule has 3 atom stereocenters. The number of carbonyl (C=O) groups excluding carboxylic acids is 1. The monoisotopic (exact) mass is 417 g/mol. The molecule has 0 bridgehead atoms. The fraction of sp³-hybridized carbons (Fsp3) is 0.300. The fourth-order valence-corrected chi connectivity index (χ4v) is 5.48. The maximum atomic E-state index is 12.9. The lowest BCUT2D eigenvalue weighted by Gasteiger charge is -2.19. The van der Waals surface area contributed by atoms with E-state index in [4.69, 9.17) is 16.9 Å². The van der Waals surface area contributed by atoms with Crippen molar-refractivity contribution >= 4 is 27.3 Å². The lowest BCUT2D eigenvalue weighted by molar-refractivity contribution is -0.123. The van der Waals surface area contributed by atoms with Gasteiger partial charge < -0.3 is 10.6 Å². The molecule has 3 rings (SSSR count). The van der Waals surface area contributed by atoms with Crippen LogP contribution in [0.1, 0.15) is 24.4 Å². The highest BCUT2D eigenvalue weighted by Gasteiger charge is 2.39. The molecule has 0 spiro atoms. The first kappa shape index (κ1) is 20.3. The van der Waals surface area contributed by atoms with Crippen molar-refractivity contribution in [1.29, 1.82) is 5.26 Å². The summed E-state index contributed by atoms with van der Waals surface area (Å²) in [4.78, 5) is 12.8. The molecule has 0 aliphatic carbocycles. The second kappa shape index (κ2) is 8.74. The first-order chi connectivity index (χ1) is 13.4. The van der Waals surface area contributed by atoms with Crippen molar-refractivity contribution in [3.63, 3.8) is 0 Å². The van der Waals surface area contributed by atoms with Gasteiger partial charge >= 0.3 is 0 Å². The number of hydrogen-bond donors (Lipinski definition) is 2. The summed E-state index contributed by atoms with van der Waals surface area (Å²) in [5.74, 6) is -0.319. The van der Waals surface area contributed by atoms with Crippen LogP contribution in [-0.2, 0) is 14.6 Å². The summed E-state index contributed by atoms with van der Waals surface area (Å²) in [5, 5.41) is 14.3. The molecule has 2 N–H and O–H groups in total. The third kappa shape index (κ3) is 4.36. The average Bonchev–Trinajstić information content (AvgIpc) is 3.20. The molecule has 2 aromatic rings. The third-order valence-electron chi connectivity index (χ3n) is 4.80. The quantitative estimate of drug-likeness (QED) is 0.752. The minimum atomic E-state index is -3.65. The zero-order valence-corrected chi connectivity index (χ0v) is 16.6. The number of hydrogen-bond acceptors (Lipinski definition) is 5. The highest BCUT2D eigenvalue weighted by atomic mass is 35.5. The first-order valence-corrected chi connectivity index (χ1v) is 10.8. The summed E-state index contributed by atoms with van der Waals surface area (Å²) >= 11 is 6.05. The SMILES string of the molecule is N#CCC(NC(=O)[C@@H]1C[C@@H](S(=O)(=O)c2ccccc2Cl)CN1)c1ccccc1. The van der Waals surface area contributed by atoms with E-state index >= 15 is 0 Å². The van der Waals surface area contributed by atoms with Gasteiger partial charge in [-0.3, -0.25) is 4.79 Å². The molecule has 28 heavy (non-hydrogen) atoms. The van der Waals surface area contributed by atoms with Gasteiger partial charge in [0.1, 0.15) is 0 Å². The Morgan fingerprint density at radius 3 is 2.57 bits per heavy atom. The smallest absolute Gasteiger partial charge is 0.237 e. The van der Waals surface area contributed by atoms with Gasteiger partial charge in [-0.2, -0.15) is 5.26 Å². The molecule has 0 radical (unpaired) electrons. The Balaban J connectivity index is 1.70. The minimum absolute atomic E-state index is 0.0798. The van der Waals surface area contributed by atoms with Crippen molar-refractivity contribution in [3.8, 4) is 6.07 Å². The molecule has 1 aliphatic heterocycles. The van der Waals surface area contributed by atoms with E-state index in [2.05, 4.69) is 16.7 Å². The van der Waals surface area contributed by atoms with Crippen LogP contribution in [-0.4, -0.2) is 32.2 Å². The number of nitrogens with zero attached hydrogens (tertiary/aromatic N) is 1. The second-order valence-corrected chi connectivity index (χ2v) is 9.23. The number of carbonyl (C=O) groups is 1. The normalized spacial score (nSPS) is 20.3. The lowest BCUT2D eigenvalue weighted by Crippen LogP contribution is -2.42. The minimum Gasteiger partial charge on any atom is -0.347 e. The van der Waals surface area contributed by atoms with E-state index < -0.39 is 27.2 Å². The first-order valence-electron chi connectivity index (χ1n) is 8.87. The predicted molar refractivity (Wildman–Crippen MR) is 106 cm³/mol. The maximum Gasteiger partial charge on any atom is 0.237 e. The van der Waals surface area contributed by atoms with Gasteiger partial charge in [0, 0.05) is 6.54 Å². The molecular weight excluding hydrogens is 398 g/mol. The molecule has 1 saturated heterocycles. The summed E-state index contributed by atoms with van der Waals surface area (Å²) in [6.07, 6.45) is 0.275. The number of nitrogens with one attached hydrogen (secondary N) is 2. The lowest BCUT2D eigenvalue weighted by atomic mass is 10.0. The number of halogens is 1. The largest absolute Gasteiger partial charge is 0.347 e. The van der Waals surface area contributed by atoms with Gasteiger partial charge in [-0.1, -0.05) is 54.1 Å². The molecule has 1 amide bonds. The Hall–Kier alpha value is -2.40. The molecule has 0 aromatic heterocycles. The number of sulfone groups is 1. The maximum absolute atomic E-state index is 12.9. The summed E-state index contributed by atoms with van der Waals surface area (Å²) in [7, 11) is -3.65. The van der Waals surface area contributed by atoms with Crippen LogP contribution < -0.4 is 10.6 Å². The molecule has 2 aromatic carbocycles. The van der Waals surface area contributed by atoms with Crippen LogP contribution in [0.5, 0.6) is 0 Å². The van der Waals surface area contributed by atoms with Crippen molar-refractivity contribution < 1.29 is 13.2 Å². The molecule has 1 unspecified atom stereocenters. The van der Waals surface area contributed by atoms with Crippen LogP contribution in [0.2, 0.25) is 5.02 Å². The van der Waals surface area contributed by atoms with Crippen LogP contribution in [0.25, 0.3) is 0 Å². The van der Waals surface area contributed by atoms with Crippen LogP contribution in [0.15, 0.2) is 59.5 Å². The molecule has 8 heteroatoms. The van der Waals surface area contributed by atoms with Crippen molar-refractivity contribution in [1.82, 2.24) is 10.6 Å². The molecule has 1 heterocycles. The van der Waals surface area contributed by atoms with E-state index in [1.807, 2.05) is 30.3 Å². The zero-order chi connectivity index (χ0) is 20.1. The molecule has 1 aliphatic rings. The van der Waals surface area contributed by atoms with Crippen molar-refractivity contribution in [2.75, 3.05) is 6.54 Å². The highest BCUT2D eigenvalue weighted by Crippen LogP contribution is 2.28. The number of amides is 1. The van der Waals surface area contributed by atoms with E-state index in [1.54, 1.807) is 12.1 Å². The molecule has 146 valence electrons. The second-order valence-electron chi connectivity index (χ2n) is 6.63. The summed E-state index contributed by atoms with van der Waals surface area (Å²) in [5.41, 5.74) is 0.829. The Bertz CT molecular complexity index is 989. The van der Waals surface area contributed by atoms with Gasteiger partial charge in [0.25, 0.3) is 0 Å². The van der Waals surface area contributed by atoms with E-state index in [0.717, 1.165) is 5.56 Å². The van der Waals surface area contributed by atoms with Crippen molar-refractivity contribution in [2.24, 2.45) is 0 Å². The Morgan fingerprint density at radius 1 is 1.21 bits per heavy atom. The van der Waals surface area contributed by atoms with Gasteiger partial charge in [-0.05, 0) is 24.1 Å². The predicted octanol–water partition coefficient (Wildman–Crippen LogP) is 2.62. The fourth-order valence-electron chi connectivity index (χ4n) is 3.30. The van der Waals surface area contributed by atoms with Gasteiger partial charge in [0.05, 0.1) is 39.7 Å². The third-order valence-corrected chi connectivity index (χ3v) is 7.45. The topological polar surface area (TPSA) is 99.1 Å². The molecule has 1 fully saturated rings. The van der Waals surface area contributed by atoms with Crippen LogP contribution in [0.4, 0.5) is 0 Å². The Labute approximate surface area is 169 Å². The van der Waals surface area contributed by atoms with E-state index in [-0.39, 0.29) is 35.2 Å². The van der Waals surface area contributed by atoms with Crippen LogP contribution in [0, 0.1) is 11.3 Å². The highest BCUT2D eigenvalue weighted by molar-refractivity contribution is 7.92. The number of rotatable bonds is 6. The number of benzene rings is 2. The van der Waals surface area contributed by atoms with E-state index in [0.29, 0.717) is 0 Å². The van der Waals surface area contributed by atoms with Gasteiger partial charge in [0.15, 0.2) is 9.84 Å². The van der Waals surface area contributed by atoms with Gasteiger partial charge in [0.2, 0.25) is 5.91 Å². The van der Waals surface area contributed by atoms with Crippen molar-refractivity contribution in [3.05, 3.63) is 65.2 Å². The standard InChI is InChI=1S/C20H20ClN3O3S/c21-16-8-4-5-9-19(16)28(26,27)15-12-18(23-13-15)20(25)24-17(10-11-22)14-6-2-1-3-7-14/h1-9,15,17-18,23H,10,12-13H2,(H,24,25)/t15-,17?,18+/m1/s1. The van der Waals surface area contributed by atoms with Gasteiger partial charge in [-0.15, -0.1) is 0 Å². The summed E-state index contributed by atoms with van der Waals surface area (Å²) in [6.45, 7) is 0.167. The summed E-state index contributed by atoms with van der Waals surface area (Å²) in [6, 6.07) is 16.5. The van der Waals surface area contributed by atoms with Crippen LogP contribution >= 0.6 is 11.6 Å². The molecular formula is C20H20ClN3O3S. The zero-order valence-electron chi connectivity index (χ0n) is 15.0. The average molecular weight is 418 g/mol. The summed E-state index contributed by atoms with van der Waals surface area (Å²) < 4.78 is 25.7. The van der Waals surface area contributed by atoms with E-state index in [9.17, 15) is 13.2 Å². The Kier molecular flexibility index (Phi) is 6.35. The number of nitriles is 1. The van der Waals surface area contributed by atoms with Crippen molar-refractivity contribution in [2.45, 2.75) is 35.1 Å². The van der Waals surface area contributed by atoms with Crippen LogP contribution in [0.3, 0.4) is 0 Å². The molecule has 6 nitrogen and oxygen atoms in total. The Morgan fingerprint density at radius 2 is 1.89 bits per heavy atom. The molecule has 0 saturated carbocycles. The van der Waals surface area contributed by atoms with E-state index in [1.165, 1.54) is 12.1 Å². The van der Waals surface area contributed by atoms with Gasteiger partial charge in [-0.25, -0.2) is 8.42 Å².